The van der Waals surface area contributed by atoms with Gasteiger partial charge in [0.05, 0.1) is 32.1 Å². The molecule has 0 bridgehead atoms. The van der Waals surface area contributed by atoms with E-state index in [4.69, 9.17) is 14.2 Å². The number of carbonyl (C=O) groups excluding carboxylic acids is 1. The highest BCUT2D eigenvalue weighted by Gasteiger charge is 2.46. The first-order valence-corrected chi connectivity index (χ1v) is 9.57. The van der Waals surface area contributed by atoms with Crippen molar-refractivity contribution in [3.8, 4) is 0 Å². The number of fused-ring (bicyclic) bond motifs is 1. The number of anilines is 1. The predicted molar refractivity (Wildman–Crippen MR) is 97.0 cm³/mol. The molecule has 156 valence electrons. The summed E-state index contributed by atoms with van der Waals surface area (Å²) in [6, 6.07) is 0.151. The molecule has 5 rings (SSSR count). The van der Waals surface area contributed by atoms with E-state index in [1.807, 2.05) is 0 Å². The van der Waals surface area contributed by atoms with Crippen LogP contribution in [-0.4, -0.2) is 98.0 Å². The number of aromatic nitrogens is 4. The summed E-state index contributed by atoms with van der Waals surface area (Å²) in [6.07, 6.45) is -0.678. The fourth-order valence-electron chi connectivity index (χ4n) is 3.90. The molecule has 2 aromatic rings. The minimum Gasteiger partial charge on any atom is -0.448 e. The molecule has 0 radical (unpaired) electrons. The molecule has 3 fully saturated rings. The van der Waals surface area contributed by atoms with Crippen molar-refractivity contribution in [2.24, 2.45) is 0 Å². The molecule has 1 unspecified atom stereocenters. The third-order valence-electron chi connectivity index (χ3n) is 5.49. The van der Waals surface area contributed by atoms with E-state index < -0.39 is 30.6 Å². The van der Waals surface area contributed by atoms with Gasteiger partial charge in [0.1, 0.15) is 31.2 Å². The zero-order chi connectivity index (χ0) is 20.0. The Balaban J connectivity index is 1.38. The minimum absolute atomic E-state index is 0.129. The molecule has 3 aliphatic heterocycles. The molecule has 0 aromatic carbocycles. The maximum Gasteiger partial charge on any atom is 0.410 e. The number of aliphatic hydroxyl groups excluding tert-OH is 2. The zero-order valence-corrected chi connectivity index (χ0v) is 15.5. The third kappa shape index (κ3) is 3.27. The van der Waals surface area contributed by atoms with E-state index in [0.717, 1.165) is 6.42 Å². The van der Waals surface area contributed by atoms with Crippen molar-refractivity contribution in [3.63, 3.8) is 0 Å². The second-order valence-electron chi connectivity index (χ2n) is 7.36. The summed E-state index contributed by atoms with van der Waals surface area (Å²) in [7, 11) is 0. The summed E-state index contributed by atoms with van der Waals surface area (Å²) < 4.78 is 17.7. The lowest BCUT2D eigenvalue weighted by atomic mass is 10.1. The molecule has 3 N–H and O–H groups in total. The first-order valence-electron chi connectivity index (χ1n) is 9.57. The minimum atomic E-state index is -1.20. The van der Waals surface area contributed by atoms with E-state index >= 15 is 0 Å². The van der Waals surface area contributed by atoms with Gasteiger partial charge in [-0.2, -0.15) is 0 Å². The number of aliphatic hydroxyl groups is 2. The molecule has 5 heterocycles. The van der Waals surface area contributed by atoms with Crippen LogP contribution in [0.3, 0.4) is 0 Å². The summed E-state index contributed by atoms with van der Waals surface area (Å²) in [4.78, 5) is 26.1. The zero-order valence-electron chi connectivity index (χ0n) is 15.5. The molecule has 1 amide bonds. The number of imidazole rings is 1. The Kier molecular flexibility index (Phi) is 4.70. The van der Waals surface area contributed by atoms with E-state index in [2.05, 4.69) is 20.3 Å². The van der Waals surface area contributed by atoms with E-state index in [1.54, 1.807) is 4.57 Å². The lowest BCUT2D eigenvalue weighted by Gasteiger charge is -2.20. The molecule has 12 nitrogen and oxygen atoms in total. The number of amides is 1. The number of ether oxygens (including phenoxy) is 3. The van der Waals surface area contributed by atoms with Gasteiger partial charge < -0.3 is 34.6 Å². The molecule has 3 aliphatic rings. The van der Waals surface area contributed by atoms with Crippen LogP contribution in [0, 0.1) is 0 Å². The van der Waals surface area contributed by atoms with Crippen LogP contribution in [0.2, 0.25) is 0 Å². The summed E-state index contributed by atoms with van der Waals surface area (Å²) >= 11 is 0. The van der Waals surface area contributed by atoms with Gasteiger partial charge in [0, 0.05) is 6.61 Å². The van der Waals surface area contributed by atoms with Crippen LogP contribution in [0.4, 0.5) is 10.6 Å². The Morgan fingerprint density at radius 2 is 2.10 bits per heavy atom. The smallest absolute Gasteiger partial charge is 0.410 e. The largest absolute Gasteiger partial charge is 0.448 e. The SMILES string of the molecule is O=C1OCCN1C[C@H]1OC(n2cnc3c(N[C@@H]4CCOC4)ncnc32)[C@H](O)[C@H]1O. The van der Waals surface area contributed by atoms with Crippen LogP contribution in [0.1, 0.15) is 12.6 Å². The Bertz CT molecular complexity index is 902. The second kappa shape index (κ2) is 7.37. The molecule has 0 spiro atoms. The lowest BCUT2D eigenvalue weighted by Crippen LogP contribution is -2.40. The molecule has 5 atom stereocenters. The number of hydrogen-bond donors (Lipinski definition) is 3. The highest BCUT2D eigenvalue weighted by atomic mass is 16.6. The van der Waals surface area contributed by atoms with Crippen LogP contribution in [0.25, 0.3) is 11.2 Å². The fraction of sp³-hybridized carbons (Fsp3) is 0.647. The van der Waals surface area contributed by atoms with Crippen LogP contribution in [0.5, 0.6) is 0 Å². The van der Waals surface area contributed by atoms with Gasteiger partial charge >= 0.3 is 6.09 Å². The van der Waals surface area contributed by atoms with Crippen LogP contribution in [-0.2, 0) is 14.2 Å². The Hall–Kier alpha value is -2.54. The second-order valence-corrected chi connectivity index (χ2v) is 7.36. The Morgan fingerprint density at radius 3 is 2.86 bits per heavy atom. The van der Waals surface area contributed by atoms with Gasteiger partial charge in [-0.1, -0.05) is 0 Å². The molecular formula is C17H22N6O6. The number of hydrogen-bond acceptors (Lipinski definition) is 10. The molecule has 12 heteroatoms. The quantitative estimate of drug-likeness (QED) is 0.571. The van der Waals surface area contributed by atoms with Gasteiger partial charge in [-0.15, -0.1) is 0 Å². The van der Waals surface area contributed by atoms with Crippen molar-refractivity contribution in [2.45, 2.75) is 37.0 Å². The molecule has 0 aliphatic carbocycles. The van der Waals surface area contributed by atoms with Crippen molar-refractivity contribution in [1.82, 2.24) is 24.4 Å². The van der Waals surface area contributed by atoms with Gasteiger partial charge in [-0.3, -0.25) is 4.57 Å². The van der Waals surface area contributed by atoms with Gasteiger partial charge in [-0.05, 0) is 6.42 Å². The third-order valence-corrected chi connectivity index (χ3v) is 5.49. The standard InChI is InChI=1S/C17H22N6O6/c24-12-10(5-22-2-4-28-17(22)26)29-16(13(12)25)23-8-20-11-14(18-7-19-15(11)23)21-9-1-3-27-6-9/h7-10,12-13,16,24-25H,1-6H2,(H,18,19,21)/t9-,10-,12+,13-,16?/m1/s1. The van der Waals surface area contributed by atoms with Crippen molar-refractivity contribution < 1.29 is 29.2 Å². The van der Waals surface area contributed by atoms with Crippen molar-refractivity contribution in [3.05, 3.63) is 12.7 Å². The van der Waals surface area contributed by atoms with Crippen LogP contribution >= 0.6 is 0 Å². The Labute approximate surface area is 165 Å². The molecular weight excluding hydrogens is 384 g/mol. The number of carbonyl (C=O) groups is 1. The maximum absolute atomic E-state index is 11.7. The molecule has 29 heavy (non-hydrogen) atoms. The van der Waals surface area contributed by atoms with Crippen molar-refractivity contribution in [2.75, 3.05) is 38.2 Å². The highest BCUT2D eigenvalue weighted by molar-refractivity contribution is 5.82. The van der Waals surface area contributed by atoms with Gasteiger partial charge in [0.25, 0.3) is 0 Å². The maximum atomic E-state index is 11.7. The number of nitrogens with one attached hydrogen (secondary N) is 1. The van der Waals surface area contributed by atoms with E-state index in [0.29, 0.717) is 43.3 Å². The average Bonchev–Trinajstić information content (AvgIpc) is 3.49. The summed E-state index contributed by atoms with van der Waals surface area (Å²) in [5.74, 6) is 0.577. The molecule has 2 aromatic heterocycles. The molecule has 3 saturated heterocycles. The predicted octanol–water partition coefficient (Wildman–Crippen LogP) is -0.901. The topological polar surface area (TPSA) is 144 Å². The van der Waals surface area contributed by atoms with E-state index in [-0.39, 0.29) is 12.6 Å². The Morgan fingerprint density at radius 1 is 1.21 bits per heavy atom. The van der Waals surface area contributed by atoms with Crippen molar-refractivity contribution >= 4 is 23.1 Å². The van der Waals surface area contributed by atoms with E-state index in [9.17, 15) is 15.0 Å². The first kappa shape index (κ1) is 18.5. The van der Waals surface area contributed by atoms with Gasteiger partial charge in [0.15, 0.2) is 23.2 Å². The van der Waals surface area contributed by atoms with Crippen molar-refractivity contribution in [1.29, 1.82) is 0 Å². The first-order chi connectivity index (χ1) is 14.1. The normalized spacial score (nSPS) is 32.3. The lowest BCUT2D eigenvalue weighted by molar-refractivity contribution is -0.0401. The number of cyclic esters (lactones) is 1. The molecule has 0 saturated carbocycles. The summed E-state index contributed by atoms with van der Waals surface area (Å²) in [5, 5.41) is 24.3. The average molecular weight is 406 g/mol. The van der Waals surface area contributed by atoms with E-state index in [1.165, 1.54) is 17.6 Å². The monoisotopic (exact) mass is 406 g/mol. The number of nitrogens with zero attached hydrogens (tertiary/aromatic N) is 5. The number of rotatable bonds is 5. The summed E-state index contributed by atoms with van der Waals surface area (Å²) in [5.41, 5.74) is 1.01. The van der Waals surface area contributed by atoms with Crippen LogP contribution < -0.4 is 5.32 Å². The van der Waals surface area contributed by atoms with Gasteiger partial charge in [-0.25, -0.2) is 19.7 Å². The fourth-order valence-corrected chi connectivity index (χ4v) is 3.90. The van der Waals surface area contributed by atoms with Gasteiger partial charge in [0.2, 0.25) is 0 Å². The summed E-state index contributed by atoms with van der Waals surface area (Å²) in [6.45, 7) is 2.16. The highest BCUT2D eigenvalue weighted by Crippen LogP contribution is 2.33. The van der Waals surface area contributed by atoms with Crippen LogP contribution in [0.15, 0.2) is 12.7 Å².